The van der Waals surface area contributed by atoms with Gasteiger partial charge in [0.1, 0.15) is 11.5 Å². The molecule has 1 amide bonds. The van der Waals surface area contributed by atoms with Crippen LogP contribution in [0.15, 0.2) is 17.2 Å². The fourth-order valence-corrected chi connectivity index (χ4v) is 2.78. The van der Waals surface area contributed by atoms with Gasteiger partial charge in [-0.05, 0) is 19.8 Å². The van der Waals surface area contributed by atoms with Crippen molar-refractivity contribution in [2.45, 2.75) is 38.3 Å². The minimum Gasteiger partial charge on any atom is -0.325 e. The Morgan fingerprint density at radius 3 is 2.86 bits per heavy atom. The molecule has 2 aliphatic rings. The minimum absolute atomic E-state index is 0.157. The molecule has 3 heterocycles. The van der Waals surface area contributed by atoms with Crippen LogP contribution < -0.4 is 5.56 Å². The summed E-state index contributed by atoms with van der Waals surface area (Å²) in [4.78, 5) is 36.4. The van der Waals surface area contributed by atoms with Crippen molar-refractivity contribution in [2.75, 3.05) is 6.54 Å². The van der Waals surface area contributed by atoms with Crippen LogP contribution in [0.25, 0.3) is 0 Å². The Morgan fingerprint density at radius 1 is 1.36 bits per heavy atom. The summed E-state index contributed by atoms with van der Waals surface area (Å²) in [7, 11) is 0. The molecule has 1 aliphatic heterocycles. The van der Waals surface area contributed by atoms with Gasteiger partial charge in [0.15, 0.2) is 5.82 Å². The predicted octanol–water partition coefficient (Wildman–Crippen LogP) is 0.456. The molecule has 0 radical (unpaired) electrons. The van der Waals surface area contributed by atoms with Crippen LogP contribution in [-0.4, -0.2) is 42.1 Å². The first-order valence-electron chi connectivity index (χ1n) is 7.44. The SMILES string of the molecule is C[C@@H]1c2nc(C3CC3)nn2CCN1C(=O)c1c[nH]c(=O)cn1. The number of hydrogen-bond acceptors (Lipinski definition) is 5. The van der Waals surface area contributed by atoms with Gasteiger partial charge in [-0.15, -0.1) is 0 Å². The van der Waals surface area contributed by atoms with Gasteiger partial charge in [-0.3, -0.25) is 9.59 Å². The fraction of sp³-hybridized carbons (Fsp3) is 0.500. The Labute approximate surface area is 126 Å². The lowest BCUT2D eigenvalue weighted by Crippen LogP contribution is -2.42. The smallest absolute Gasteiger partial charge is 0.274 e. The number of rotatable bonds is 2. The summed E-state index contributed by atoms with van der Waals surface area (Å²) in [5, 5.41) is 4.55. The second-order valence-electron chi connectivity index (χ2n) is 5.80. The zero-order valence-corrected chi connectivity index (χ0v) is 12.2. The molecule has 1 fully saturated rings. The van der Waals surface area contributed by atoms with E-state index >= 15 is 0 Å². The van der Waals surface area contributed by atoms with Crippen LogP contribution in [0.3, 0.4) is 0 Å². The molecule has 2 aromatic heterocycles. The summed E-state index contributed by atoms with van der Waals surface area (Å²) in [5.74, 6) is 2.02. The zero-order chi connectivity index (χ0) is 15.3. The average Bonchev–Trinajstić information content (AvgIpc) is 3.27. The van der Waals surface area contributed by atoms with Gasteiger partial charge in [0.25, 0.3) is 11.5 Å². The van der Waals surface area contributed by atoms with Crippen molar-refractivity contribution in [3.63, 3.8) is 0 Å². The highest BCUT2D eigenvalue weighted by Gasteiger charge is 2.35. The molecular formula is C14H16N6O2. The number of fused-ring (bicyclic) bond motifs is 1. The standard InChI is InChI=1S/C14H16N6O2/c1-8-13-17-12(9-2-3-9)18-20(13)5-4-19(8)14(22)10-6-16-11(21)7-15-10/h6-9H,2-5H2,1H3,(H,16,21)/t8-/m1/s1. The largest absolute Gasteiger partial charge is 0.325 e. The molecule has 4 rings (SSSR count). The molecule has 2 aromatic rings. The van der Waals surface area contributed by atoms with Crippen LogP contribution in [0, 0.1) is 0 Å². The quantitative estimate of drug-likeness (QED) is 0.869. The van der Waals surface area contributed by atoms with Gasteiger partial charge in [0, 0.05) is 18.7 Å². The summed E-state index contributed by atoms with van der Waals surface area (Å²) < 4.78 is 1.91. The van der Waals surface area contributed by atoms with Crippen molar-refractivity contribution in [2.24, 2.45) is 0 Å². The van der Waals surface area contributed by atoms with E-state index in [1.165, 1.54) is 6.20 Å². The molecule has 0 spiro atoms. The second kappa shape index (κ2) is 4.75. The number of H-pyrrole nitrogens is 1. The van der Waals surface area contributed by atoms with Crippen LogP contribution in [0.2, 0.25) is 0 Å². The first-order valence-corrected chi connectivity index (χ1v) is 7.44. The van der Waals surface area contributed by atoms with E-state index in [1.54, 1.807) is 4.90 Å². The number of aromatic nitrogens is 5. The molecule has 0 unspecified atom stereocenters. The molecule has 1 aliphatic carbocycles. The van der Waals surface area contributed by atoms with E-state index < -0.39 is 0 Å². The Bertz CT molecular complexity index is 770. The lowest BCUT2D eigenvalue weighted by molar-refractivity contribution is 0.0624. The van der Waals surface area contributed by atoms with E-state index in [0.717, 1.165) is 30.7 Å². The molecule has 22 heavy (non-hydrogen) atoms. The van der Waals surface area contributed by atoms with E-state index in [2.05, 4.69) is 20.1 Å². The third kappa shape index (κ3) is 2.11. The van der Waals surface area contributed by atoms with E-state index in [9.17, 15) is 9.59 Å². The maximum absolute atomic E-state index is 12.6. The molecule has 0 bridgehead atoms. The van der Waals surface area contributed by atoms with Gasteiger partial charge in [-0.2, -0.15) is 5.10 Å². The molecule has 0 saturated heterocycles. The van der Waals surface area contributed by atoms with E-state index in [0.29, 0.717) is 19.0 Å². The van der Waals surface area contributed by atoms with Crippen LogP contribution in [-0.2, 0) is 6.54 Å². The minimum atomic E-state index is -0.322. The van der Waals surface area contributed by atoms with Crippen LogP contribution in [0.1, 0.15) is 53.9 Å². The van der Waals surface area contributed by atoms with Crippen molar-refractivity contribution >= 4 is 5.91 Å². The van der Waals surface area contributed by atoms with Crippen LogP contribution in [0.5, 0.6) is 0 Å². The zero-order valence-electron chi connectivity index (χ0n) is 12.2. The number of nitrogens with zero attached hydrogens (tertiary/aromatic N) is 5. The molecule has 8 heteroatoms. The number of carbonyl (C=O) groups is 1. The maximum atomic E-state index is 12.6. The highest BCUT2D eigenvalue weighted by molar-refractivity contribution is 5.92. The van der Waals surface area contributed by atoms with E-state index in [4.69, 9.17) is 0 Å². The van der Waals surface area contributed by atoms with Gasteiger partial charge >= 0.3 is 0 Å². The summed E-state index contributed by atoms with van der Waals surface area (Å²) in [6.07, 6.45) is 4.78. The highest BCUT2D eigenvalue weighted by Crippen LogP contribution is 2.39. The Balaban J connectivity index is 1.61. The third-order valence-electron chi connectivity index (χ3n) is 4.21. The Hall–Kier alpha value is -2.51. The topological polar surface area (TPSA) is 96.8 Å². The Morgan fingerprint density at radius 2 is 2.18 bits per heavy atom. The number of aromatic amines is 1. The van der Waals surface area contributed by atoms with Gasteiger partial charge < -0.3 is 9.88 Å². The normalized spacial score (nSPS) is 20.8. The summed E-state index contributed by atoms with van der Waals surface area (Å²) in [6, 6.07) is -0.157. The monoisotopic (exact) mass is 300 g/mol. The maximum Gasteiger partial charge on any atom is 0.274 e. The average molecular weight is 300 g/mol. The lowest BCUT2D eigenvalue weighted by atomic mass is 10.2. The first-order chi connectivity index (χ1) is 10.6. The lowest BCUT2D eigenvalue weighted by Gasteiger charge is -2.32. The van der Waals surface area contributed by atoms with Crippen molar-refractivity contribution in [1.82, 2.24) is 29.6 Å². The second-order valence-corrected chi connectivity index (χ2v) is 5.80. The molecule has 1 atom stereocenters. The van der Waals surface area contributed by atoms with E-state index in [-0.39, 0.29) is 23.2 Å². The molecule has 1 N–H and O–H groups in total. The van der Waals surface area contributed by atoms with Crippen LogP contribution in [0.4, 0.5) is 0 Å². The first kappa shape index (κ1) is 13.2. The van der Waals surface area contributed by atoms with Gasteiger partial charge in [-0.25, -0.2) is 14.6 Å². The molecular weight excluding hydrogens is 284 g/mol. The van der Waals surface area contributed by atoms with Gasteiger partial charge in [0.05, 0.1) is 18.8 Å². The fourth-order valence-electron chi connectivity index (χ4n) is 2.78. The third-order valence-corrected chi connectivity index (χ3v) is 4.21. The highest BCUT2D eigenvalue weighted by atomic mass is 16.2. The molecule has 8 nitrogen and oxygen atoms in total. The van der Waals surface area contributed by atoms with Crippen molar-refractivity contribution in [1.29, 1.82) is 0 Å². The van der Waals surface area contributed by atoms with Crippen molar-refractivity contribution in [3.8, 4) is 0 Å². The Kier molecular flexibility index (Phi) is 2.85. The number of carbonyl (C=O) groups excluding carboxylic acids is 1. The van der Waals surface area contributed by atoms with Gasteiger partial charge in [0.2, 0.25) is 0 Å². The molecule has 1 saturated carbocycles. The van der Waals surface area contributed by atoms with E-state index in [1.807, 2.05) is 11.6 Å². The number of hydrogen-bond donors (Lipinski definition) is 1. The molecule has 0 aromatic carbocycles. The summed E-state index contributed by atoms with van der Waals surface area (Å²) in [6.45, 7) is 3.13. The summed E-state index contributed by atoms with van der Waals surface area (Å²) >= 11 is 0. The predicted molar refractivity (Wildman–Crippen MR) is 76.3 cm³/mol. The number of amides is 1. The van der Waals surface area contributed by atoms with Crippen LogP contribution >= 0.6 is 0 Å². The summed E-state index contributed by atoms with van der Waals surface area (Å²) in [5.41, 5.74) is -0.0844. The number of nitrogens with one attached hydrogen (secondary N) is 1. The van der Waals surface area contributed by atoms with Gasteiger partial charge in [-0.1, -0.05) is 0 Å². The van der Waals surface area contributed by atoms with Crippen molar-refractivity contribution in [3.05, 3.63) is 40.1 Å². The molecule has 114 valence electrons. The van der Waals surface area contributed by atoms with Crippen molar-refractivity contribution < 1.29 is 4.79 Å².